The summed E-state index contributed by atoms with van der Waals surface area (Å²) >= 11 is 6.05. The van der Waals surface area contributed by atoms with Gasteiger partial charge in [-0.1, -0.05) is 17.0 Å². The van der Waals surface area contributed by atoms with Crippen LogP contribution in [0.2, 0.25) is 0 Å². The number of rotatable bonds is 5. The van der Waals surface area contributed by atoms with Crippen molar-refractivity contribution in [2.75, 3.05) is 6.61 Å². The van der Waals surface area contributed by atoms with Gasteiger partial charge in [0, 0.05) is 27.1 Å². The van der Waals surface area contributed by atoms with E-state index in [2.05, 4.69) is 36.2 Å². The Bertz CT molecular complexity index is 927. The zero-order valence-electron chi connectivity index (χ0n) is 14.2. The first-order valence-corrected chi connectivity index (χ1v) is 10.9. The van der Waals surface area contributed by atoms with Crippen LogP contribution in [-0.4, -0.2) is 70.6 Å². The zero-order chi connectivity index (χ0) is 19.7. The van der Waals surface area contributed by atoms with Crippen molar-refractivity contribution in [1.29, 1.82) is 0 Å². The molecule has 0 spiro atoms. The molecule has 1 aliphatic heterocycles. The molecule has 148 valence electrons. The molecule has 0 amide bonds. The molecule has 1 aliphatic rings. The van der Waals surface area contributed by atoms with E-state index in [1.165, 1.54) is 27.8 Å². The number of halogens is 1. The standard InChI is InChI=1S/C16H16BrN5O4S2/c17-8-1-9(3-18-2-8)28-16-15(25)13(14(24)12(5-23)26-16)22-4-10(20-21-22)11-6-27-7-19-11/h1-4,6-7,12-16,23-25H,5H2/t12?,13-,14-,15?,16+/m0/s1. The van der Waals surface area contributed by atoms with Gasteiger partial charge in [-0.25, -0.2) is 9.67 Å². The first-order valence-electron chi connectivity index (χ1n) is 8.27. The highest BCUT2D eigenvalue weighted by molar-refractivity contribution is 9.10. The number of pyridine rings is 1. The lowest BCUT2D eigenvalue weighted by Crippen LogP contribution is -2.55. The van der Waals surface area contributed by atoms with Crippen LogP contribution in [0.1, 0.15) is 6.04 Å². The number of thiazole rings is 1. The Hall–Kier alpha value is -1.41. The van der Waals surface area contributed by atoms with E-state index in [1.54, 1.807) is 24.1 Å². The monoisotopic (exact) mass is 485 g/mol. The highest BCUT2D eigenvalue weighted by Gasteiger charge is 2.46. The Balaban J connectivity index is 1.61. The van der Waals surface area contributed by atoms with E-state index in [0.717, 1.165) is 9.37 Å². The highest BCUT2D eigenvalue weighted by atomic mass is 79.9. The third-order valence-corrected chi connectivity index (χ3v) is 6.43. The number of aliphatic hydroxyl groups is 3. The molecule has 1 saturated heterocycles. The van der Waals surface area contributed by atoms with E-state index >= 15 is 0 Å². The second-order valence-electron chi connectivity index (χ2n) is 6.11. The minimum atomic E-state index is -1.16. The van der Waals surface area contributed by atoms with Crippen molar-refractivity contribution in [3.63, 3.8) is 0 Å². The fourth-order valence-electron chi connectivity index (χ4n) is 2.95. The summed E-state index contributed by atoms with van der Waals surface area (Å²) < 4.78 is 7.93. The average molecular weight is 486 g/mol. The lowest BCUT2D eigenvalue weighted by Gasteiger charge is -2.41. The minimum absolute atomic E-state index is 0.397. The molecule has 4 heterocycles. The molecule has 0 saturated carbocycles. The first-order chi connectivity index (χ1) is 13.6. The molecule has 5 atom stereocenters. The van der Waals surface area contributed by atoms with Crippen LogP contribution in [-0.2, 0) is 4.74 Å². The van der Waals surface area contributed by atoms with Crippen molar-refractivity contribution in [1.82, 2.24) is 25.0 Å². The van der Waals surface area contributed by atoms with E-state index in [1.807, 2.05) is 11.4 Å². The van der Waals surface area contributed by atoms with Gasteiger partial charge in [-0.15, -0.1) is 16.4 Å². The summed E-state index contributed by atoms with van der Waals surface area (Å²) in [7, 11) is 0. The maximum atomic E-state index is 10.9. The molecule has 3 aromatic heterocycles. The fourth-order valence-corrected chi connectivity index (χ4v) is 5.09. The molecule has 0 bridgehead atoms. The van der Waals surface area contributed by atoms with Gasteiger partial charge in [0.25, 0.3) is 0 Å². The lowest BCUT2D eigenvalue weighted by molar-refractivity contribution is -0.178. The largest absolute Gasteiger partial charge is 0.394 e. The topological polar surface area (TPSA) is 126 Å². The molecule has 1 fully saturated rings. The van der Waals surface area contributed by atoms with Crippen LogP contribution in [0, 0.1) is 0 Å². The van der Waals surface area contributed by atoms with Gasteiger partial charge < -0.3 is 20.1 Å². The number of aromatic nitrogens is 5. The molecular formula is C16H16BrN5O4S2. The second kappa shape index (κ2) is 8.53. The summed E-state index contributed by atoms with van der Waals surface area (Å²) in [6.45, 7) is -0.397. The van der Waals surface area contributed by atoms with Crippen LogP contribution in [0.3, 0.4) is 0 Å². The summed E-state index contributed by atoms with van der Waals surface area (Å²) in [5.74, 6) is 0. The van der Waals surface area contributed by atoms with Crippen molar-refractivity contribution in [3.05, 3.63) is 40.0 Å². The molecule has 3 aromatic rings. The van der Waals surface area contributed by atoms with Gasteiger partial charge in [-0.05, 0) is 22.0 Å². The SMILES string of the molecule is OCC1O[C@H](Sc2cncc(Br)c2)C(O)[C@@H](n2cc(-c3cscn3)nn2)[C@H]1O. The predicted molar refractivity (Wildman–Crippen MR) is 106 cm³/mol. The minimum Gasteiger partial charge on any atom is -0.394 e. The molecule has 9 nitrogen and oxygen atoms in total. The molecule has 12 heteroatoms. The first kappa shape index (κ1) is 19.9. The summed E-state index contributed by atoms with van der Waals surface area (Å²) in [5, 5.41) is 41.2. The van der Waals surface area contributed by atoms with Gasteiger partial charge in [0.15, 0.2) is 0 Å². The van der Waals surface area contributed by atoms with Gasteiger partial charge in [0.2, 0.25) is 0 Å². The maximum Gasteiger partial charge on any atom is 0.136 e. The number of hydrogen-bond acceptors (Lipinski definition) is 10. The Morgan fingerprint density at radius 1 is 1.25 bits per heavy atom. The quantitative estimate of drug-likeness (QED) is 0.490. The summed E-state index contributed by atoms with van der Waals surface area (Å²) in [6.07, 6.45) is 1.77. The number of hydrogen-bond donors (Lipinski definition) is 3. The van der Waals surface area contributed by atoms with Crippen molar-refractivity contribution in [2.45, 2.75) is 34.7 Å². The lowest BCUT2D eigenvalue weighted by atomic mass is 9.97. The van der Waals surface area contributed by atoms with Crippen molar-refractivity contribution in [2.24, 2.45) is 0 Å². The third-order valence-electron chi connectivity index (χ3n) is 4.29. The molecule has 3 N–H and O–H groups in total. The molecule has 0 radical (unpaired) electrons. The normalized spacial score (nSPS) is 27.8. The number of nitrogens with zero attached hydrogens (tertiary/aromatic N) is 5. The average Bonchev–Trinajstić information content (AvgIpc) is 3.36. The van der Waals surface area contributed by atoms with E-state index in [-0.39, 0.29) is 0 Å². The highest BCUT2D eigenvalue weighted by Crippen LogP contribution is 2.38. The van der Waals surface area contributed by atoms with E-state index in [9.17, 15) is 15.3 Å². The van der Waals surface area contributed by atoms with Crippen LogP contribution in [0.15, 0.2) is 44.9 Å². The molecular weight excluding hydrogens is 470 g/mol. The Kier molecular flexibility index (Phi) is 6.06. The Labute approximate surface area is 176 Å². The summed E-state index contributed by atoms with van der Waals surface area (Å²) in [6, 6.07) is 1.00. The van der Waals surface area contributed by atoms with Crippen LogP contribution >= 0.6 is 39.0 Å². The van der Waals surface area contributed by atoms with Crippen LogP contribution in [0.4, 0.5) is 0 Å². The van der Waals surface area contributed by atoms with E-state index < -0.39 is 36.4 Å². The zero-order valence-corrected chi connectivity index (χ0v) is 17.5. The van der Waals surface area contributed by atoms with Crippen molar-refractivity contribution < 1.29 is 20.1 Å². The summed E-state index contributed by atoms with van der Waals surface area (Å²) in [5.41, 5.74) is 2.14. The van der Waals surface area contributed by atoms with Gasteiger partial charge >= 0.3 is 0 Å². The van der Waals surface area contributed by atoms with Gasteiger partial charge in [0.05, 0.1) is 18.3 Å². The fraction of sp³-hybridized carbons (Fsp3) is 0.375. The van der Waals surface area contributed by atoms with Crippen molar-refractivity contribution in [3.8, 4) is 11.4 Å². The second-order valence-corrected chi connectivity index (χ2v) is 8.92. The van der Waals surface area contributed by atoms with Gasteiger partial charge in [-0.2, -0.15) is 0 Å². The number of aliphatic hydroxyl groups excluding tert-OH is 3. The van der Waals surface area contributed by atoms with E-state index in [0.29, 0.717) is 11.4 Å². The summed E-state index contributed by atoms with van der Waals surface area (Å²) in [4.78, 5) is 9.06. The maximum absolute atomic E-state index is 10.9. The Morgan fingerprint density at radius 2 is 2.11 bits per heavy atom. The molecule has 0 aliphatic carbocycles. The van der Waals surface area contributed by atoms with Crippen LogP contribution in [0.25, 0.3) is 11.4 Å². The third kappa shape index (κ3) is 3.99. The molecule has 4 rings (SSSR count). The van der Waals surface area contributed by atoms with Gasteiger partial charge in [0.1, 0.15) is 41.2 Å². The molecule has 2 unspecified atom stereocenters. The van der Waals surface area contributed by atoms with E-state index in [4.69, 9.17) is 4.74 Å². The van der Waals surface area contributed by atoms with Crippen LogP contribution < -0.4 is 0 Å². The molecule has 0 aromatic carbocycles. The Morgan fingerprint density at radius 3 is 2.82 bits per heavy atom. The predicted octanol–water partition coefficient (Wildman–Crippen LogP) is 1.33. The molecule has 28 heavy (non-hydrogen) atoms. The van der Waals surface area contributed by atoms with Crippen molar-refractivity contribution >= 4 is 39.0 Å². The number of thioether (sulfide) groups is 1. The van der Waals surface area contributed by atoms with Gasteiger partial charge in [-0.3, -0.25) is 4.98 Å². The van der Waals surface area contributed by atoms with Crippen LogP contribution in [0.5, 0.6) is 0 Å². The number of ether oxygens (including phenoxy) is 1. The smallest absolute Gasteiger partial charge is 0.136 e.